The molecule has 0 bridgehead atoms. The van der Waals surface area contributed by atoms with Crippen LogP contribution in [0.15, 0.2) is 24.5 Å². The third-order valence-corrected chi connectivity index (χ3v) is 5.62. The van der Waals surface area contributed by atoms with E-state index < -0.39 is 0 Å². The van der Waals surface area contributed by atoms with Crippen LogP contribution in [0, 0.1) is 0 Å². The number of ether oxygens (including phenoxy) is 2. The van der Waals surface area contributed by atoms with Gasteiger partial charge in [-0.3, -0.25) is 4.79 Å². The lowest BCUT2D eigenvalue weighted by atomic mass is 9.98. The Labute approximate surface area is 165 Å². The molecule has 1 aliphatic heterocycles. The lowest BCUT2D eigenvalue weighted by Gasteiger charge is -2.30. The molecule has 1 amide bonds. The van der Waals surface area contributed by atoms with Crippen molar-refractivity contribution >= 4 is 11.7 Å². The van der Waals surface area contributed by atoms with Gasteiger partial charge in [0, 0.05) is 25.2 Å². The summed E-state index contributed by atoms with van der Waals surface area (Å²) in [6.45, 7) is 1.53. The zero-order valence-electron chi connectivity index (χ0n) is 16.4. The van der Waals surface area contributed by atoms with E-state index in [4.69, 9.17) is 9.47 Å². The molecule has 0 unspecified atom stereocenters. The Morgan fingerprint density at radius 1 is 1.07 bits per heavy atom. The van der Waals surface area contributed by atoms with Crippen molar-refractivity contribution in [2.24, 2.45) is 0 Å². The third kappa shape index (κ3) is 3.74. The maximum absolute atomic E-state index is 12.5. The number of rotatable bonds is 5. The summed E-state index contributed by atoms with van der Waals surface area (Å²) in [5.41, 5.74) is 2.86. The number of amides is 1. The number of carbonyl (C=O) groups excluding carboxylic acids is 1. The number of benzene rings is 1. The Morgan fingerprint density at radius 3 is 2.50 bits per heavy atom. The van der Waals surface area contributed by atoms with E-state index in [0.717, 1.165) is 43.1 Å². The summed E-state index contributed by atoms with van der Waals surface area (Å²) in [7, 11) is 3.29. The molecule has 1 fully saturated rings. The summed E-state index contributed by atoms with van der Waals surface area (Å²) in [4.78, 5) is 23.3. The van der Waals surface area contributed by atoms with Crippen LogP contribution in [0.5, 0.6) is 11.5 Å². The fourth-order valence-corrected chi connectivity index (χ4v) is 4.05. The van der Waals surface area contributed by atoms with E-state index in [-0.39, 0.29) is 11.9 Å². The van der Waals surface area contributed by atoms with E-state index in [0.29, 0.717) is 12.2 Å². The van der Waals surface area contributed by atoms with E-state index in [9.17, 15) is 4.79 Å². The van der Waals surface area contributed by atoms with E-state index in [1.54, 1.807) is 20.3 Å². The average Bonchev–Trinajstić information content (AvgIpc) is 3.25. The van der Waals surface area contributed by atoms with Crippen molar-refractivity contribution in [3.8, 4) is 11.5 Å². The van der Waals surface area contributed by atoms with Crippen molar-refractivity contribution in [2.75, 3.05) is 25.7 Å². The molecule has 1 saturated carbocycles. The van der Waals surface area contributed by atoms with Crippen LogP contribution in [0.3, 0.4) is 0 Å². The highest BCUT2D eigenvalue weighted by Gasteiger charge is 2.23. The SMILES string of the molecule is COc1cc2c(cc1OC)CN(c1cc(C(=O)NC3CCCC3)ncn1)CC2. The molecule has 148 valence electrons. The topological polar surface area (TPSA) is 76.6 Å². The second-order valence-electron chi connectivity index (χ2n) is 7.36. The molecule has 1 N–H and O–H groups in total. The lowest BCUT2D eigenvalue weighted by molar-refractivity contribution is 0.0932. The fraction of sp³-hybridized carbons (Fsp3) is 0.476. The van der Waals surface area contributed by atoms with Crippen molar-refractivity contribution in [1.82, 2.24) is 15.3 Å². The Kier molecular flexibility index (Phi) is 5.32. The van der Waals surface area contributed by atoms with Crippen LogP contribution in [0.4, 0.5) is 5.82 Å². The van der Waals surface area contributed by atoms with Gasteiger partial charge in [-0.2, -0.15) is 0 Å². The van der Waals surface area contributed by atoms with Crippen LogP contribution in [0.1, 0.15) is 47.3 Å². The van der Waals surface area contributed by atoms with Crippen molar-refractivity contribution in [2.45, 2.75) is 44.7 Å². The second-order valence-corrected chi connectivity index (χ2v) is 7.36. The summed E-state index contributed by atoms with van der Waals surface area (Å²) in [5.74, 6) is 2.14. The van der Waals surface area contributed by atoms with Gasteiger partial charge in [0.1, 0.15) is 17.8 Å². The molecule has 2 aliphatic rings. The second kappa shape index (κ2) is 8.04. The summed E-state index contributed by atoms with van der Waals surface area (Å²) in [6.07, 6.45) is 6.82. The number of nitrogens with zero attached hydrogens (tertiary/aromatic N) is 3. The Bertz CT molecular complexity index is 865. The fourth-order valence-electron chi connectivity index (χ4n) is 4.05. The molecule has 2 heterocycles. The van der Waals surface area contributed by atoms with E-state index >= 15 is 0 Å². The Hall–Kier alpha value is -2.83. The highest BCUT2D eigenvalue weighted by Crippen LogP contribution is 2.34. The van der Waals surface area contributed by atoms with Gasteiger partial charge in [-0.15, -0.1) is 0 Å². The first-order valence-electron chi connectivity index (χ1n) is 9.79. The molecule has 1 aromatic carbocycles. The van der Waals surface area contributed by atoms with Gasteiger partial charge in [0.25, 0.3) is 5.91 Å². The number of fused-ring (bicyclic) bond motifs is 1. The molecular weight excluding hydrogens is 356 g/mol. The van der Waals surface area contributed by atoms with Crippen LogP contribution in [-0.4, -0.2) is 42.7 Å². The van der Waals surface area contributed by atoms with Crippen molar-refractivity contribution < 1.29 is 14.3 Å². The largest absolute Gasteiger partial charge is 0.493 e. The van der Waals surface area contributed by atoms with Crippen molar-refractivity contribution in [3.05, 3.63) is 41.3 Å². The van der Waals surface area contributed by atoms with Gasteiger partial charge in [0.2, 0.25) is 0 Å². The molecule has 7 heteroatoms. The molecule has 0 saturated heterocycles. The minimum atomic E-state index is -0.112. The Balaban J connectivity index is 1.51. The number of methoxy groups -OCH3 is 2. The van der Waals surface area contributed by atoms with E-state index in [2.05, 4.69) is 20.2 Å². The predicted octanol–water partition coefficient (Wildman–Crippen LogP) is 2.73. The van der Waals surface area contributed by atoms with Crippen LogP contribution >= 0.6 is 0 Å². The standard InChI is InChI=1S/C21H26N4O3/c1-27-18-9-14-7-8-25(12-15(14)10-19(18)28-2)20-11-17(22-13-23-20)21(26)24-16-5-3-4-6-16/h9-11,13,16H,3-8,12H2,1-2H3,(H,24,26). The normalized spacial score (nSPS) is 16.6. The molecule has 0 atom stereocenters. The number of anilines is 1. The maximum Gasteiger partial charge on any atom is 0.270 e. The van der Waals surface area contributed by atoms with Crippen LogP contribution < -0.4 is 19.7 Å². The molecule has 0 radical (unpaired) electrons. The van der Waals surface area contributed by atoms with Crippen LogP contribution in [0.2, 0.25) is 0 Å². The molecule has 4 rings (SSSR count). The van der Waals surface area contributed by atoms with Gasteiger partial charge in [0.15, 0.2) is 11.5 Å². The summed E-state index contributed by atoms with van der Waals surface area (Å²) < 4.78 is 10.8. The Morgan fingerprint density at radius 2 is 1.79 bits per heavy atom. The molecular formula is C21H26N4O3. The first-order valence-corrected chi connectivity index (χ1v) is 9.79. The van der Waals surface area contributed by atoms with Crippen molar-refractivity contribution in [1.29, 1.82) is 0 Å². The first kappa shape index (κ1) is 18.5. The minimum Gasteiger partial charge on any atom is -0.493 e. The molecule has 28 heavy (non-hydrogen) atoms. The van der Waals surface area contributed by atoms with Gasteiger partial charge in [-0.1, -0.05) is 12.8 Å². The lowest BCUT2D eigenvalue weighted by Crippen LogP contribution is -2.34. The molecule has 1 aliphatic carbocycles. The zero-order valence-corrected chi connectivity index (χ0v) is 16.4. The molecule has 7 nitrogen and oxygen atoms in total. The van der Waals surface area contributed by atoms with E-state index in [1.807, 2.05) is 12.1 Å². The number of hydrogen-bond acceptors (Lipinski definition) is 6. The molecule has 0 spiro atoms. The zero-order chi connectivity index (χ0) is 19.5. The monoisotopic (exact) mass is 382 g/mol. The number of carbonyl (C=O) groups is 1. The quantitative estimate of drug-likeness (QED) is 0.857. The van der Waals surface area contributed by atoms with E-state index in [1.165, 1.54) is 30.3 Å². The molecule has 1 aromatic heterocycles. The molecule has 2 aromatic rings. The number of nitrogens with one attached hydrogen (secondary N) is 1. The maximum atomic E-state index is 12.5. The number of hydrogen-bond donors (Lipinski definition) is 1. The summed E-state index contributed by atoms with van der Waals surface area (Å²) in [6, 6.07) is 6.13. The van der Waals surface area contributed by atoms with Gasteiger partial charge < -0.3 is 19.7 Å². The summed E-state index contributed by atoms with van der Waals surface area (Å²) >= 11 is 0. The first-order chi connectivity index (χ1) is 13.7. The predicted molar refractivity (Wildman–Crippen MR) is 106 cm³/mol. The van der Waals surface area contributed by atoms with Crippen LogP contribution in [0.25, 0.3) is 0 Å². The number of aromatic nitrogens is 2. The minimum absolute atomic E-state index is 0.112. The van der Waals surface area contributed by atoms with Gasteiger partial charge in [-0.25, -0.2) is 9.97 Å². The third-order valence-electron chi connectivity index (χ3n) is 5.62. The highest BCUT2D eigenvalue weighted by molar-refractivity contribution is 5.93. The van der Waals surface area contributed by atoms with Gasteiger partial charge >= 0.3 is 0 Å². The van der Waals surface area contributed by atoms with Crippen molar-refractivity contribution in [3.63, 3.8) is 0 Å². The average molecular weight is 382 g/mol. The summed E-state index contributed by atoms with van der Waals surface area (Å²) in [5, 5.41) is 3.09. The van der Waals surface area contributed by atoms with Gasteiger partial charge in [-0.05, 0) is 42.5 Å². The van der Waals surface area contributed by atoms with Gasteiger partial charge in [0.05, 0.1) is 14.2 Å². The highest BCUT2D eigenvalue weighted by atomic mass is 16.5. The smallest absolute Gasteiger partial charge is 0.270 e. The van der Waals surface area contributed by atoms with Crippen LogP contribution in [-0.2, 0) is 13.0 Å².